The number of nitrogens with zero attached hydrogens (tertiary/aromatic N) is 3. The first-order chi connectivity index (χ1) is 11.9. The van der Waals surface area contributed by atoms with E-state index in [1.54, 1.807) is 11.2 Å². The molecule has 0 fully saturated rings. The number of amides is 1. The molecule has 2 heterocycles. The van der Waals surface area contributed by atoms with E-state index in [9.17, 15) is 4.79 Å². The molecule has 25 heavy (non-hydrogen) atoms. The summed E-state index contributed by atoms with van der Waals surface area (Å²) in [6.45, 7) is 8.55. The van der Waals surface area contributed by atoms with Gasteiger partial charge in [0.25, 0.3) is 0 Å². The lowest BCUT2D eigenvalue weighted by Gasteiger charge is -2.27. The number of carbonyl (C=O) groups excluding carboxylic acids is 1. The fraction of sp³-hybridized carbons (Fsp3) is 0.474. The number of carbonyl (C=O) groups is 1. The lowest BCUT2D eigenvalue weighted by atomic mass is 10.1. The van der Waals surface area contributed by atoms with Crippen molar-refractivity contribution in [2.45, 2.75) is 39.3 Å². The highest BCUT2D eigenvalue weighted by molar-refractivity contribution is 5.69. The number of para-hydroxylation sites is 1. The number of nitrogens with one attached hydrogen (secondary N) is 1. The molecule has 3 rings (SSSR count). The second kappa shape index (κ2) is 7.17. The molecule has 0 bridgehead atoms. The van der Waals surface area contributed by atoms with Gasteiger partial charge in [-0.2, -0.15) is 0 Å². The molecule has 1 N–H and O–H groups in total. The Labute approximate surface area is 148 Å². The van der Waals surface area contributed by atoms with Crippen molar-refractivity contribution in [1.82, 2.24) is 14.9 Å². The smallest absolute Gasteiger partial charge is 0.410 e. The van der Waals surface area contributed by atoms with Gasteiger partial charge in [0.15, 0.2) is 0 Å². The number of rotatable bonds is 3. The van der Waals surface area contributed by atoms with Gasteiger partial charge in [0, 0.05) is 37.9 Å². The minimum Gasteiger partial charge on any atom is -0.444 e. The van der Waals surface area contributed by atoms with E-state index in [0.29, 0.717) is 13.1 Å². The molecule has 1 aromatic carbocycles. The van der Waals surface area contributed by atoms with Crippen LogP contribution in [0.3, 0.4) is 0 Å². The Morgan fingerprint density at radius 1 is 1.28 bits per heavy atom. The van der Waals surface area contributed by atoms with Crippen molar-refractivity contribution in [3.63, 3.8) is 0 Å². The maximum absolute atomic E-state index is 12.5. The fourth-order valence-corrected chi connectivity index (χ4v) is 2.99. The zero-order valence-electron chi connectivity index (χ0n) is 15.2. The summed E-state index contributed by atoms with van der Waals surface area (Å²) in [5.41, 5.74) is 2.89. The Morgan fingerprint density at radius 3 is 2.80 bits per heavy atom. The van der Waals surface area contributed by atoms with Gasteiger partial charge in [-0.1, -0.05) is 18.2 Å². The molecule has 0 atom stereocenters. The summed E-state index contributed by atoms with van der Waals surface area (Å²) in [4.78, 5) is 23.9. The van der Waals surface area contributed by atoms with Gasteiger partial charge in [0.05, 0.1) is 18.6 Å². The molecule has 1 aromatic heterocycles. The zero-order valence-corrected chi connectivity index (χ0v) is 15.2. The molecular weight excluding hydrogens is 316 g/mol. The maximum Gasteiger partial charge on any atom is 0.410 e. The van der Waals surface area contributed by atoms with Crippen LogP contribution in [0.4, 0.5) is 10.5 Å². The lowest BCUT2D eigenvalue weighted by molar-refractivity contribution is 0.0243. The number of hydrogen-bond acceptors (Lipinski definition) is 4. The van der Waals surface area contributed by atoms with Gasteiger partial charge in [-0.05, 0) is 32.4 Å². The van der Waals surface area contributed by atoms with Crippen LogP contribution in [0.5, 0.6) is 0 Å². The monoisotopic (exact) mass is 342 g/mol. The molecular formula is C19H26N4O2. The van der Waals surface area contributed by atoms with Gasteiger partial charge < -0.3 is 19.5 Å². The highest BCUT2D eigenvalue weighted by atomic mass is 16.6. The van der Waals surface area contributed by atoms with Crippen molar-refractivity contribution in [3.05, 3.63) is 48.0 Å². The van der Waals surface area contributed by atoms with Crippen molar-refractivity contribution >= 4 is 11.8 Å². The molecule has 0 radical (unpaired) electrons. The summed E-state index contributed by atoms with van der Waals surface area (Å²) in [5.74, 6) is 0. The second-order valence-corrected chi connectivity index (χ2v) is 7.33. The van der Waals surface area contributed by atoms with Crippen LogP contribution in [0, 0.1) is 0 Å². The van der Waals surface area contributed by atoms with Crippen LogP contribution >= 0.6 is 0 Å². The summed E-state index contributed by atoms with van der Waals surface area (Å²) < 4.78 is 5.56. The minimum absolute atomic E-state index is 0.253. The van der Waals surface area contributed by atoms with Crippen molar-refractivity contribution in [2.24, 2.45) is 0 Å². The van der Waals surface area contributed by atoms with Crippen LogP contribution < -0.4 is 4.90 Å². The third-order valence-corrected chi connectivity index (χ3v) is 4.18. The van der Waals surface area contributed by atoms with Gasteiger partial charge in [0.2, 0.25) is 0 Å². The SMILES string of the molecule is CC(C)(C)OC(=O)N1CCN(CCc2c[nH]cn2)c2ccccc2C1. The standard InChI is InChI=1S/C19H26N4O2/c1-19(2,3)25-18(24)23-11-10-22(9-8-16-12-20-14-21-16)17-7-5-4-6-15(17)13-23/h4-7,12,14H,8-11,13H2,1-3H3,(H,20,21). The Morgan fingerprint density at radius 2 is 2.08 bits per heavy atom. The Bertz CT molecular complexity index is 706. The summed E-state index contributed by atoms with van der Waals surface area (Å²) in [5, 5.41) is 0. The van der Waals surface area contributed by atoms with Crippen molar-refractivity contribution < 1.29 is 9.53 Å². The van der Waals surface area contributed by atoms with E-state index in [1.165, 1.54) is 5.69 Å². The maximum atomic E-state index is 12.5. The number of H-pyrrole nitrogens is 1. The number of imidazole rings is 1. The molecule has 0 saturated heterocycles. The number of anilines is 1. The van der Waals surface area contributed by atoms with E-state index in [-0.39, 0.29) is 6.09 Å². The van der Waals surface area contributed by atoms with Crippen LogP contribution in [0.15, 0.2) is 36.8 Å². The predicted molar refractivity (Wildman–Crippen MR) is 97.6 cm³/mol. The van der Waals surface area contributed by atoms with E-state index in [1.807, 2.05) is 39.1 Å². The fourth-order valence-electron chi connectivity index (χ4n) is 2.99. The van der Waals surface area contributed by atoms with E-state index >= 15 is 0 Å². The predicted octanol–water partition coefficient (Wildman–Crippen LogP) is 3.21. The Balaban J connectivity index is 1.74. The Hall–Kier alpha value is -2.50. The molecule has 0 aliphatic carbocycles. The summed E-state index contributed by atoms with van der Waals surface area (Å²) >= 11 is 0. The average molecular weight is 342 g/mol. The second-order valence-electron chi connectivity index (χ2n) is 7.33. The van der Waals surface area contributed by atoms with Crippen LogP contribution in [-0.2, 0) is 17.7 Å². The van der Waals surface area contributed by atoms with Gasteiger partial charge >= 0.3 is 6.09 Å². The topological polar surface area (TPSA) is 61.5 Å². The number of aromatic amines is 1. The molecule has 0 spiro atoms. The molecule has 6 nitrogen and oxygen atoms in total. The number of benzene rings is 1. The largest absolute Gasteiger partial charge is 0.444 e. The van der Waals surface area contributed by atoms with Gasteiger partial charge in [-0.25, -0.2) is 9.78 Å². The minimum atomic E-state index is -0.484. The number of hydrogen-bond donors (Lipinski definition) is 1. The normalized spacial score (nSPS) is 14.8. The third-order valence-electron chi connectivity index (χ3n) is 4.18. The van der Waals surface area contributed by atoms with Crippen LogP contribution in [0.2, 0.25) is 0 Å². The summed E-state index contributed by atoms with van der Waals surface area (Å²) in [6, 6.07) is 8.27. The molecule has 0 unspecified atom stereocenters. The first kappa shape index (κ1) is 17.3. The van der Waals surface area contributed by atoms with Crippen LogP contribution in [-0.4, -0.2) is 46.2 Å². The average Bonchev–Trinajstić information content (AvgIpc) is 2.99. The van der Waals surface area contributed by atoms with E-state index in [2.05, 4.69) is 27.0 Å². The zero-order chi connectivity index (χ0) is 17.9. The number of fused-ring (bicyclic) bond motifs is 1. The molecule has 134 valence electrons. The number of ether oxygens (including phenoxy) is 1. The van der Waals surface area contributed by atoms with Gasteiger partial charge in [0.1, 0.15) is 5.60 Å². The first-order valence-electron chi connectivity index (χ1n) is 8.71. The van der Waals surface area contributed by atoms with E-state index in [4.69, 9.17) is 4.74 Å². The van der Waals surface area contributed by atoms with E-state index in [0.717, 1.165) is 30.8 Å². The quantitative estimate of drug-likeness (QED) is 0.930. The van der Waals surface area contributed by atoms with Gasteiger partial charge in [-0.3, -0.25) is 0 Å². The highest BCUT2D eigenvalue weighted by Gasteiger charge is 2.26. The van der Waals surface area contributed by atoms with Gasteiger partial charge in [-0.15, -0.1) is 0 Å². The lowest BCUT2D eigenvalue weighted by Crippen LogP contribution is -2.39. The van der Waals surface area contributed by atoms with Crippen LogP contribution in [0.25, 0.3) is 0 Å². The summed E-state index contributed by atoms with van der Waals surface area (Å²) in [6.07, 6.45) is 4.24. The van der Waals surface area contributed by atoms with Crippen molar-refractivity contribution in [3.8, 4) is 0 Å². The Kier molecular flexibility index (Phi) is 4.97. The van der Waals surface area contributed by atoms with Crippen LogP contribution in [0.1, 0.15) is 32.0 Å². The van der Waals surface area contributed by atoms with Crippen molar-refractivity contribution in [2.75, 3.05) is 24.5 Å². The first-order valence-corrected chi connectivity index (χ1v) is 8.71. The highest BCUT2D eigenvalue weighted by Crippen LogP contribution is 2.26. The third kappa shape index (κ3) is 4.53. The molecule has 1 amide bonds. The molecule has 1 aliphatic rings. The van der Waals surface area contributed by atoms with E-state index < -0.39 is 5.60 Å². The molecule has 1 aliphatic heterocycles. The molecule has 0 saturated carbocycles. The number of aromatic nitrogens is 2. The molecule has 6 heteroatoms. The summed E-state index contributed by atoms with van der Waals surface area (Å²) in [7, 11) is 0. The van der Waals surface area contributed by atoms with Crippen molar-refractivity contribution in [1.29, 1.82) is 0 Å². The molecule has 2 aromatic rings.